The Bertz CT molecular complexity index is 791. The fourth-order valence-electron chi connectivity index (χ4n) is 4.00. The van der Waals surface area contributed by atoms with Crippen molar-refractivity contribution in [2.24, 2.45) is 5.92 Å². The van der Waals surface area contributed by atoms with E-state index < -0.39 is 0 Å². The van der Waals surface area contributed by atoms with Gasteiger partial charge < -0.3 is 5.43 Å². The molecule has 0 spiro atoms. The smallest absolute Gasteiger partial charge is 0.0863 e. The van der Waals surface area contributed by atoms with E-state index in [4.69, 9.17) is 0 Å². The highest BCUT2D eigenvalue weighted by atomic mass is 15.7. The highest BCUT2D eigenvalue weighted by molar-refractivity contribution is 5.92. The third kappa shape index (κ3) is 2.31. The predicted octanol–water partition coefficient (Wildman–Crippen LogP) is 4.15. The lowest BCUT2D eigenvalue weighted by atomic mass is 9.77. The SMILES string of the molecule is CCN1NNC2=C1c1ccccc1CC(C(C)C)c1ccccc12. The van der Waals surface area contributed by atoms with Crippen LogP contribution in [0.4, 0.5) is 0 Å². The van der Waals surface area contributed by atoms with Crippen LogP contribution in [-0.2, 0) is 6.42 Å². The highest BCUT2D eigenvalue weighted by Crippen LogP contribution is 2.41. The van der Waals surface area contributed by atoms with Gasteiger partial charge in [0.05, 0.1) is 11.4 Å². The number of rotatable bonds is 2. The van der Waals surface area contributed by atoms with Gasteiger partial charge in [0, 0.05) is 17.7 Å². The Hall–Kier alpha value is -2.26. The van der Waals surface area contributed by atoms with E-state index in [9.17, 15) is 0 Å². The van der Waals surface area contributed by atoms with Crippen molar-refractivity contribution in [3.05, 3.63) is 70.8 Å². The minimum absolute atomic E-state index is 0.522. The Morgan fingerprint density at radius 3 is 2.50 bits per heavy atom. The van der Waals surface area contributed by atoms with Gasteiger partial charge in [0.1, 0.15) is 0 Å². The Balaban J connectivity index is 2.03. The average molecular weight is 319 g/mol. The maximum absolute atomic E-state index is 3.44. The van der Waals surface area contributed by atoms with E-state index in [1.165, 1.54) is 33.6 Å². The molecule has 2 aliphatic rings. The maximum atomic E-state index is 3.44. The molecule has 0 aromatic heterocycles. The minimum atomic E-state index is 0.522. The Morgan fingerprint density at radius 1 is 1.04 bits per heavy atom. The van der Waals surface area contributed by atoms with E-state index in [-0.39, 0.29) is 0 Å². The van der Waals surface area contributed by atoms with Gasteiger partial charge in [-0.2, -0.15) is 0 Å². The molecule has 2 aromatic carbocycles. The Labute approximate surface area is 144 Å². The van der Waals surface area contributed by atoms with Crippen LogP contribution in [0.15, 0.2) is 48.5 Å². The number of hydrogen-bond acceptors (Lipinski definition) is 3. The van der Waals surface area contributed by atoms with Crippen molar-refractivity contribution in [3.8, 4) is 0 Å². The van der Waals surface area contributed by atoms with E-state index in [1.807, 2.05) is 0 Å². The van der Waals surface area contributed by atoms with Crippen molar-refractivity contribution >= 4 is 11.4 Å². The lowest BCUT2D eigenvalue weighted by Gasteiger charge is -2.29. The van der Waals surface area contributed by atoms with Gasteiger partial charge in [-0.3, -0.25) is 5.01 Å². The van der Waals surface area contributed by atoms with Gasteiger partial charge in [-0.05, 0) is 36.3 Å². The molecule has 2 aromatic rings. The first-order valence-corrected chi connectivity index (χ1v) is 8.91. The molecule has 1 heterocycles. The molecule has 3 heteroatoms. The van der Waals surface area contributed by atoms with Crippen molar-refractivity contribution < 1.29 is 0 Å². The van der Waals surface area contributed by atoms with Crippen LogP contribution < -0.4 is 11.0 Å². The number of fused-ring (bicyclic) bond motifs is 4. The van der Waals surface area contributed by atoms with Crippen molar-refractivity contribution in [2.75, 3.05) is 6.54 Å². The summed E-state index contributed by atoms with van der Waals surface area (Å²) in [6, 6.07) is 17.7. The van der Waals surface area contributed by atoms with Crippen molar-refractivity contribution in [1.82, 2.24) is 16.0 Å². The number of hydrogen-bond donors (Lipinski definition) is 2. The molecule has 0 radical (unpaired) electrons. The topological polar surface area (TPSA) is 27.3 Å². The summed E-state index contributed by atoms with van der Waals surface area (Å²) < 4.78 is 0. The highest BCUT2D eigenvalue weighted by Gasteiger charge is 2.31. The van der Waals surface area contributed by atoms with Crippen molar-refractivity contribution in [2.45, 2.75) is 33.1 Å². The van der Waals surface area contributed by atoms with E-state index in [0.29, 0.717) is 11.8 Å². The summed E-state index contributed by atoms with van der Waals surface area (Å²) >= 11 is 0. The first-order chi connectivity index (χ1) is 11.7. The van der Waals surface area contributed by atoms with Crippen LogP contribution in [0.3, 0.4) is 0 Å². The molecule has 1 atom stereocenters. The van der Waals surface area contributed by atoms with Crippen LogP contribution in [0.1, 0.15) is 48.9 Å². The number of hydrazine groups is 2. The first kappa shape index (κ1) is 15.3. The summed E-state index contributed by atoms with van der Waals surface area (Å²) in [6.45, 7) is 7.75. The van der Waals surface area contributed by atoms with Gasteiger partial charge in [-0.15, -0.1) is 5.53 Å². The summed E-state index contributed by atoms with van der Waals surface area (Å²) in [6.07, 6.45) is 1.08. The summed E-state index contributed by atoms with van der Waals surface area (Å²) in [7, 11) is 0. The summed E-state index contributed by atoms with van der Waals surface area (Å²) in [5.74, 6) is 1.12. The molecule has 124 valence electrons. The van der Waals surface area contributed by atoms with Crippen LogP contribution in [0, 0.1) is 5.92 Å². The predicted molar refractivity (Wildman–Crippen MR) is 99.6 cm³/mol. The normalized spacial score (nSPS) is 19.3. The second-order valence-electron chi connectivity index (χ2n) is 7.00. The van der Waals surface area contributed by atoms with Crippen LogP contribution >= 0.6 is 0 Å². The van der Waals surface area contributed by atoms with Crippen molar-refractivity contribution in [1.29, 1.82) is 0 Å². The molecule has 4 rings (SSSR count). The zero-order valence-electron chi connectivity index (χ0n) is 14.6. The third-order valence-electron chi connectivity index (χ3n) is 5.29. The molecule has 0 saturated heterocycles. The fourth-order valence-corrected chi connectivity index (χ4v) is 4.00. The molecule has 0 amide bonds. The van der Waals surface area contributed by atoms with Gasteiger partial charge in [-0.25, -0.2) is 0 Å². The Morgan fingerprint density at radius 2 is 1.75 bits per heavy atom. The molecular weight excluding hydrogens is 294 g/mol. The number of nitrogens with one attached hydrogen (secondary N) is 2. The molecule has 3 nitrogen and oxygen atoms in total. The molecule has 1 unspecified atom stereocenters. The van der Waals surface area contributed by atoms with Crippen LogP contribution in [-0.4, -0.2) is 11.6 Å². The zero-order valence-corrected chi connectivity index (χ0v) is 14.6. The van der Waals surface area contributed by atoms with E-state index in [0.717, 1.165) is 13.0 Å². The quantitative estimate of drug-likeness (QED) is 0.870. The summed E-state index contributed by atoms with van der Waals surface area (Å²) in [4.78, 5) is 0. The molecule has 24 heavy (non-hydrogen) atoms. The molecule has 2 N–H and O–H groups in total. The van der Waals surface area contributed by atoms with Gasteiger partial charge in [-0.1, -0.05) is 62.4 Å². The molecule has 0 fully saturated rings. The molecule has 1 aliphatic carbocycles. The van der Waals surface area contributed by atoms with Crippen LogP contribution in [0.2, 0.25) is 0 Å². The monoisotopic (exact) mass is 319 g/mol. The van der Waals surface area contributed by atoms with Gasteiger partial charge in [0.2, 0.25) is 0 Å². The van der Waals surface area contributed by atoms with Gasteiger partial charge in [0.25, 0.3) is 0 Å². The molecular formula is C21H25N3. The molecule has 0 bridgehead atoms. The molecule has 1 aliphatic heterocycles. The van der Waals surface area contributed by atoms with Gasteiger partial charge in [0.15, 0.2) is 0 Å². The summed E-state index contributed by atoms with van der Waals surface area (Å²) in [5.41, 5.74) is 14.8. The Kier molecular flexibility index (Phi) is 3.81. The summed E-state index contributed by atoms with van der Waals surface area (Å²) in [5, 5.41) is 2.21. The minimum Gasteiger partial charge on any atom is -0.301 e. The lowest BCUT2D eigenvalue weighted by Crippen LogP contribution is -2.37. The van der Waals surface area contributed by atoms with E-state index >= 15 is 0 Å². The van der Waals surface area contributed by atoms with Crippen LogP contribution in [0.5, 0.6) is 0 Å². The number of nitrogens with zero attached hydrogens (tertiary/aromatic N) is 1. The number of benzene rings is 2. The first-order valence-electron chi connectivity index (χ1n) is 8.91. The van der Waals surface area contributed by atoms with E-state index in [2.05, 4.69) is 85.3 Å². The van der Waals surface area contributed by atoms with Gasteiger partial charge >= 0.3 is 0 Å². The fraction of sp³-hybridized carbons (Fsp3) is 0.333. The largest absolute Gasteiger partial charge is 0.301 e. The average Bonchev–Trinajstić information content (AvgIpc) is 3.01. The zero-order chi connectivity index (χ0) is 16.7. The molecule has 0 saturated carbocycles. The van der Waals surface area contributed by atoms with Crippen LogP contribution in [0.25, 0.3) is 11.4 Å². The third-order valence-corrected chi connectivity index (χ3v) is 5.29. The lowest BCUT2D eigenvalue weighted by molar-refractivity contribution is 0.302. The van der Waals surface area contributed by atoms with Crippen molar-refractivity contribution in [3.63, 3.8) is 0 Å². The van der Waals surface area contributed by atoms with E-state index in [1.54, 1.807) is 0 Å². The maximum Gasteiger partial charge on any atom is 0.0863 e. The second-order valence-corrected chi connectivity index (χ2v) is 7.00. The second kappa shape index (κ2) is 5.99. The standard InChI is InChI=1S/C21H25N3/c1-4-24-21-16-10-6-5-9-15(16)13-19(14(2)3)17-11-7-8-12-18(17)20(21)22-23-24/h5-12,14,19,22-23H,4,13H2,1-3H3.